The Morgan fingerprint density at radius 3 is 2.67 bits per heavy atom. The van der Waals surface area contributed by atoms with Gasteiger partial charge >= 0.3 is 0 Å². The minimum Gasteiger partial charge on any atom is -0.380 e. The van der Waals surface area contributed by atoms with Crippen molar-refractivity contribution in [1.82, 2.24) is 4.98 Å². The number of rotatable bonds is 3. The van der Waals surface area contributed by atoms with Gasteiger partial charge in [0.15, 0.2) is 0 Å². The Morgan fingerprint density at radius 2 is 1.94 bits per heavy atom. The molecular weight excluding hydrogens is 358 g/mol. The van der Waals surface area contributed by atoms with E-state index < -0.39 is 0 Å². The largest absolute Gasteiger partial charge is 0.380 e. The summed E-state index contributed by atoms with van der Waals surface area (Å²) >= 11 is 21.1. The monoisotopic (exact) mass is 364 g/mol. The van der Waals surface area contributed by atoms with Crippen LogP contribution in [0, 0.1) is 0 Å². The number of benzene rings is 1. The van der Waals surface area contributed by atoms with E-state index in [0.29, 0.717) is 21.7 Å². The molecule has 0 saturated heterocycles. The molecule has 0 atom stereocenters. The van der Waals surface area contributed by atoms with Gasteiger partial charge in [-0.2, -0.15) is 0 Å². The smallest absolute Gasteiger partial charge is 0.143 e. The molecule has 0 amide bonds. The Labute approximate surface area is 128 Å². The molecule has 1 N–H and O–H groups in total. The molecule has 0 aliphatic carbocycles. The van der Waals surface area contributed by atoms with E-state index in [1.165, 1.54) is 0 Å². The van der Waals surface area contributed by atoms with E-state index in [1.807, 2.05) is 12.1 Å². The van der Waals surface area contributed by atoms with Gasteiger partial charge in [-0.15, -0.1) is 0 Å². The first-order valence-electron chi connectivity index (χ1n) is 5.05. The summed E-state index contributed by atoms with van der Waals surface area (Å²) in [6, 6.07) is 7.22. The van der Waals surface area contributed by atoms with Gasteiger partial charge in [0.2, 0.25) is 0 Å². The van der Waals surface area contributed by atoms with Crippen LogP contribution in [0.15, 0.2) is 34.9 Å². The van der Waals surface area contributed by atoms with Gasteiger partial charge in [0.05, 0.1) is 16.4 Å². The van der Waals surface area contributed by atoms with Crippen molar-refractivity contribution in [3.63, 3.8) is 0 Å². The summed E-state index contributed by atoms with van der Waals surface area (Å²) in [4.78, 5) is 4.03. The normalized spacial score (nSPS) is 10.4. The first-order chi connectivity index (χ1) is 8.56. The first-order valence-corrected chi connectivity index (χ1v) is 6.98. The van der Waals surface area contributed by atoms with Gasteiger partial charge in [-0.25, -0.2) is 4.98 Å². The second-order valence-electron chi connectivity index (χ2n) is 3.59. The highest BCUT2D eigenvalue weighted by Gasteiger charge is 2.03. The van der Waals surface area contributed by atoms with Gasteiger partial charge in [-0.05, 0) is 45.8 Å². The maximum Gasteiger partial charge on any atom is 0.143 e. The molecule has 0 radical (unpaired) electrons. The molecule has 0 spiro atoms. The van der Waals surface area contributed by atoms with Crippen LogP contribution in [0.4, 0.5) is 5.69 Å². The third-order valence-electron chi connectivity index (χ3n) is 2.29. The third-order valence-corrected chi connectivity index (χ3v) is 4.02. The van der Waals surface area contributed by atoms with Crippen LogP contribution in [0.5, 0.6) is 0 Å². The number of nitrogens with zero attached hydrogens (tertiary/aromatic N) is 1. The van der Waals surface area contributed by atoms with E-state index in [0.717, 1.165) is 15.7 Å². The first kappa shape index (κ1) is 13.9. The van der Waals surface area contributed by atoms with Gasteiger partial charge in [-0.1, -0.05) is 34.8 Å². The number of pyridine rings is 1. The molecule has 94 valence electrons. The van der Waals surface area contributed by atoms with Gasteiger partial charge in [-0.3, -0.25) is 0 Å². The van der Waals surface area contributed by atoms with Crippen LogP contribution < -0.4 is 5.32 Å². The van der Waals surface area contributed by atoms with Crippen molar-refractivity contribution in [2.45, 2.75) is 6.54 Å². The average molecular weight is 366 g/mol. The molecule has 0 aliphatic heterocycles. The summed E-state index contributed by atoms with van der Waals surface area (Å²) in [7, 11) is 0. The molecular formula is C12H8BrCl3N2. The summed E-state index contributed by atoms with van der Waals surface area (Å²) in [6.07, 6.45) is 1.66. The number of hydrogen-bond donors (Lipinski definition) is 1. The Morgan fingerprint density at radius 1 is 1.17 bits per heavy atom. The Balaban J connectivity index is 2.11. The highest BCUT2D eigenvalue weighted by molar-refractivity contribution is 9.10. The minimum absolute atomic E-state index is 0.432. The van der Waals surface area contributed by atoms with Crippen molar-refractivity contribution in [3.8, 4) is 0 Å². The van der Waals surface area contributed by atoms with E-state index in [9.17, 15) is 0 Å². The van der Waals surface area contributed by atoms with E-state index in [1.54, 1.807) is 18.3 Å². The lowest BCUT2D eigenvalue weighted by molar-refractivity contribution is 1.13. The quantitative estimate of drug-likeness (QED) is 0.734. The molecule has 1 aromatic heterocycles. The molecule has 2 aromatic rings. The second kappa shape index (κ2) is 6.11. The van der Waals surface area contributed by atoms with Crippen LogP contribution in [0.1, 0.15) is 5.56 Å². The fourth-order valence-electron chi connectivity index (χ4n) is 1.39. The summed E-state index contributed by atoms with van der Waals surface area (Å²) in [6.45, 7) is 0.565. The zero-order valence-electron chi connectivity index (χ0n) is 9.05. The Bertz CT molecular complexity index is 575. The zero-order chi connectivity index (χ0) is 13.1. The predicted molar refractivity (Wildman–Crippen MR) is 80.7 cm³/mol. The highest BCUT2D eigenvalue weighted by atomic mass is 79.9. The van der Waals surface area contributed by atoms with E-state index in [2.05, 4.69) is 26.2 Å². The van der Waals surface area contributed by atoms with Crippen molar-refractivity contribution in [1.29, 1.82) is 0 Å². The van der Waals surface area contributed by atoms with Gasteiger partial charge in [0, 0.05) is 16.6 Å². The van der Waals surface area contributed by atoms with Gasteiger partial charge in [0.25, 0.3) is 0 Å². The number of nitrogens with one attached hydrogen (secondary N) is 1. The second-order valence-corrected chi connectivity index (χ2v) is 5.64. The number of halogens is 4. The SMILES string of the molecule is Clc1ccc(Cl)c(CNc2cnc(Cl)c(Br)c2)c1. The maximum absolute atomic E-state index is 6.07. The topological polar surface area (TPSA) is 24.9 Å². The van der Waals surface area contributed by atoms with Crippen molar-refractivity contribution < 1.29 is 0 Å². The predicted octanol–water partition coefficient (Wildman–Crippen LogP) is 5.42. The summed E-state index contributed by atoms with van der Waals surface area (Å²) in [5, 5.41) is 4.97. The van der Waals surface area contributed by atoms with Crippen LogP contribution >= 0.6 is 50.7 Å². The molecule has 18 heavy (non-hydrogen) atoms. The van der Waals surface area contributed by atoms with Crippen LogP contribution in [-0.4, -0.2) is 4.98 Å². The molecule has 0 fully saturated rings. The standard InChI is InChI=1S/C12H8BrCl3N2/c13-10-4-9(6-18-12(10)16)17-5-7-3-8(14)1-2-11(7)15/h1-4,6,17H,5H2. The summed E-state index contributed by atoms with van der Waals surface area (Å²) in [5.74, 6) is 0. The molecule has 2 nitrogen and oxygen atoms in total. The van der Waals surface area contributed by atoms with Crippen LogP contribution in [0.3, 0.4) is 0 Å². The van der Waals surface area contributed by atoms with Crippen molar-refractivity contribution >= 4 is 56.4 Å². The number of anilines is 1. The molecule has 2 rings (SSSR count). The van der Waals surface area contributed by atoms with Crippen LogP contribution in [-0.2, 0) is 6.54 Å². The molecule has 0 bridgehead atoms. The van der Waals surface area contributed by atoms with E-state index >= 15 is 0 Å². The molecule has 6 heteroatoms. The van der Waals surface area contributed by atoms with Crippen LogP contribution in [0.2, 0.25) is 15.2 Å². The van der Waals surface area contributed by atoms with Crippen molar-refractivity contribution in [2.75, 3.05) is 5.32 Å². The van der Waals surface area contributed by atoms with Crippen molar-refractivity contribution in [2.24, 2.45) is 0 Å². The molecule has 1 aromatic carbocycles. The fraction of sp³-hybridized carbons (Fsp3) is 0.0833. The Kier molecular flexibility index (Phi) is 4.73. The van der Waals surface area contributed by atoms with Crippen LogP contribution in [0.25, 0.3) is 0 Å². The van der Waals surface area contributed by atoms with Gasteiger partial charge in [0.1, 0.15) is 5.15 Å². The maximum atomic E-state index is 6.07. The number of aromatic nitrogens is 1. The highest BCUT2D eigenvalue weighted by Crippen LogP contribution is 2.25. The average Bonchev–Trinajstić information content (AvgIpc) is 2.34. The lowest BCUT2D eigenvalue weighted by Gasteiger charge is -2.09. The Hall–Kier alpha value is -0.480. The van der Waals surface area contributed by atoms with Gasteiger partial charge < -0.3 is 5.32 Å². The van der Waals surface area contributed by atoms with Crippen molar-refractivity contribution in [3.05, 3.63) is 55.7 Å². The lowest BCUT2D eigenvalue weighted by atomic mass is 10.2. The molecule has 0 unspecified atom stereocenters. The minimum atomic E-state index is 0.432. The molecule has 1 heterocycles. The molecule has 0 aliphatic rings. The summed E-state index contributed by atoms with van der Waals surface area (Å²) < 4.78 is 0.742. The molecule has 0 saturated carbocycles. The number of hydrogen-bond acceptors (Lipinski definition) is 2. The fourth-order valence-corrected chi connectivity index (χ4v) is 2.23. The lowest BCUT2D eigenvalue weighted by Crippen LogP contribution is -2.00. The third kappa shape index (κ3) is 3.51. The van der Waals surface area contributed by atoms with E-state index in [4.69, 9.17) is 34.8 Å². The zero-order valence-corrected chi connectivity index (χ0v) is 12.9. The van der Waals surface area contributed by atoms with E-state index in [-0.39, 0.29) is 0 Å². The summed E-state index contributed by atoms with van der Waals surface area (Å²) in [5.41, 5.74) is 1.78.